The third-order valence-electron chi connectivity index (χ3n) is 7.31. The molecule has 2 aliphatic rings. The Morgan fingerprint density at radius 3 is 2.51 bits per heavy atom. The molecule has 6 rings (SSSR count). The Hall–Kier alpha value is -4.15. The molecular weight excluding hydrogens is 567 g/mol. The topological polar surface area (TPSA) is 111 Å². The second-order valence-corrected chi connectivity index (χ2v) is 10.9. The Morgan fingerprint density at radius 1 is 1.07 bits per heavy atom. The predicted molar refractivity (Wildman–Crippen MR) is 155 cm³/mol. The van der Waals surface area contributed by atoms with Gasteiger partial charge in [0.05, 0.1) is 30.7 Å². The number of ether oxygens (including phenoxy) is 2. The SMILES string of the molecule is CCOc1ncc(-c2nc3c(n2C(C)C)[C@@]2(C(=O)Nc4cc(Cl)ccc42)N(c2cc(Cl)ccc2C)C3=O)c(OC)n1. The Morgan fingerprint density at radius 2 is 1.80 bits per heavy atom. The van der Waals surface area contributed by atoms with E-state index >= 15 is 0 Å². The van der Waals surface area contributed by atoms with Gasteiger partial charge >= 0.3 is 6.01 Å². The maximum Gasteiger partial charge on any atom is 0.319 e. The number of methoxy groups -OCH3 is 1. The summed E-state index contributed by atoms with van der Waals surface area (Å²) in [5, 5.41) is 3.85. The highest BCUT2D eigenvalue weighted by Gasteiger charge is 2.64. The van der Waals surface area contributed by atoms with Gasteiger partial charge in [-0.05, 0) is 57.5 Å². The Bertz CT molecular complexity index is 1750. The van der Waals surface area contributed by atoms with E-state index in [2.05, 4.69) is 15.3 Å². The molecule has 0 unspecified atom stereocenters. The molecule has 2 aliphatic heterocycles. The van der Waals surface area contributed by atoms with E-state index < -0.39 is 17.4 Å². The van der Waals surface area contributed by atoms with Crippen LogP contribution in [0.15, 0.2) is 42.6 Å². The van der Waals surface area contributed by atoms with Gasteiger partial charge in [-0.1, -0.05) is 35.3 Å². The maximum atomic E-state index is 14.5. The second kappa shape index (κ2) is 9.74. The van der Waals surface area contributed by atoms with Gasteiger partial charge in [-0.2, -0.15) is 4.98 Å². The van der Waals surface area contributed by atoms with Crippen molar-refractivity contribution in [2.24, 2.45) is 0 Å². The molecule has 0 radical (unpaired) electrons. The molecule has 10 nitrogen and oxygen atoms in total. The van der Waals surface area contributed by atoms with Gasteiger partial charge in [-0.3, -0.25) is 14.5 Å². The van der Waals surface area contributed by atoms with E-state index in [1.165, 1.54) is 12.0 Å². The van der Waals surface area contributed by atoms with Crippen LogP contribution in [0.5, 0.6) is 11.9 Å². The van der Waals surface area contributed by atoms with Crippen molar-refractivity contribution in [3.8, 4) is 23.3 Å². The molecule has 1 spiro atoms. The number of aromatic nitrogens is 4. The summed E-state index contributed by atoms with van der Waals surface area (Å²) in [6.45, 7) is 7.98. The number of imidazole rings is 1. The second-order valence-electron chi connectivity index (χ2n) is 10.0. The number of rotatable bonds is 6. The van der Waals surface area contributed by atoms with Crippen molar-refractivity contribution in [2.75, 3.05) is 23.9 Å². The minimum atomic E-state index is -1.60. The first kappa shape index (κ1) is 27.0. The number of hydrogen-bond acceptors (Lipinski definition) is 7. The van der Waals surface area contributed by atoms with Crippen LogP contribution in [0.4, 0.5) is 11.4 Å². The van der Waals surface area contributed by atoms with E-state index in [4.69, 9.17) is 37.7 Å². The Kier molecular flexibility index (Phi) is 6.43. The predicted octanol–water partition coefficient (Wildman–Crippen LogP) is 5.80. The average molecular weight is 593 g/mol. The number of nitrogens with one attached hydrogen (secondary N) is 1. The van der Waals surface area contributed by atoms with Gasteiger partial charge in [0, 0.05) is 33.5 Å². The van der Waals surface area contributed by atoms with Gasteiger partial charge in [0.15, 0.2) is 11.2 Å². The van der Waals surface area contributed by atoms with Crippen LogP contribution >= 0.6 is 23.2 Å². The van der Waals surface area contributed by atoms with Crippen LogP contribution in [0.3, 0.4) is 0 Å². The van der Waals surface area contributed by atoms with Gasteiger partial charge in [0.25, 0.3) is 11.8 Å². The molecule has 1 N–H and O–H groups in total. The number of benzene rings is 2. The summed E-state index contributed by atoms with van der Waals surface area (Å²) in [6, 6.07) is 10.3. The number of amides is 2. The molecule has 2 aromatic carbocycles. The first-order valence-corrected chi connectivity index (χ1v) is 13.8. The molecule has 4 aromatic rings. The number of halogens is 2. The fourth-order valence-electron chi connectivity index (χ4n) is 5.68. The van der Waals surface area contributed by atoms with Crippen molar-refractivity contribution in [2.45, 2.75) is 39.3 Å². The monoisotopic (exact) mass is 592 g/mol. The number of hydrogen-bond donors (Lipinski definition) is 1. The summed E-state index contributed by atoms with van der Waals surface area (Å²) in [7, 11) is 1.48. The molecular formula is C29H26Cl2N6O4. The molecule has 0 saturated carbocycles. The Balaban J connectivity index is 1.70. The van der Waals surface area contributed by atoms with Crippen LogP contribution < -0.4 is 19.7 Å². The number of anilines is 2. The molecule has 0 saturated heterocycles. The van der Waals surface area contributed by atoms with Crippen LogP contribution in [-0.2, 0) is 10.3 Å². The summed E-state index contributed by atoms with van der Waals surface area (Å²) in [5.41, 5.74) is 1.73. The highest BCUT2D eigenvalue weighted by atomic mass is 35.5. The third kappa shape index (κ3) is 3.81. The molecule has 210 valence electrons. The molecule has 2 aromatic heterocycles. The molecule has 41 heavy (non-hydrogen) atoms. The van der Waals surface area contributed by atoms with E-state index in [9.17, 15) is 9.59 Å². The van der Waals surface area contributed by atoms with E-state index in [1.807, 2.05) is 38.3 Å². The lowest BCUT2D eigenvalue weighted by Crippen LogP contribution is -2.51. The van der Waals surface area contributed by atoms with Gasteiger partial charge < -0.3 is 19.4 Å². The van der Waals surface area contributed by atoms with Crippen molar-refractivity contribution in [1.82, 2.24) is 19.5 Å². The van der Waals surface area contributed by atoms with Crippen molar-refractivity contribution < 1.29 is 19.1 Å². The van der Waals surface area contributed by atoms with Crippen molar-refractivity contribution in [1.29, 1.82) is 0 Å². The number of nitrogens with zero attached hydrogens (tertiary/aromatic N) is 5. The van der Waals surface area contributed by atoms with Crippen LogP contribution in [0.2, 0.25) is 10.0 Å². The molecule has 0 fully saturated rings. The van der Waals surface area contributed by atoms with Gasteiger partial charge in [-0.15, -0.1) is 0 Å². The highest BCUT2D eigenvalue weighted by Crippen LogP contribution is 2.55. The first-order valence-electron chi connectivity index (χ1n) is 13.0. The molecule has 1 atom stereocenters. The minimum Gasteiger partial charge on any atom is -0.480 e. The highest BCUT2D eigenvalue weighted by molar-refractivity contribution is 6.32. The minimum absolute atomic E-state index is 0.127. The zero-order valence-corrected chi connectivity index (χ0v) is 24.5. The molecule has 0 aliphatic carbocycles. The lowest BCUT2D eigenvalue weighted by atomic mass is 9.86. The maximum absolute atomic E-state index is 14.5. The van der Waals surface area contributed by atoms with Crippen LogP contribution in [0, 0.1) is 6.92 Å². The van der Waals surface area contributed by atoms with Crippen molar-refractivity contribution in [3.63, 3.8) is 0 Å². The van der Waals surface area contributed by atoms with Gasteiger partial charge in [0.1, 0.15) is 5.82 Å². The molecule has 12 heteroatoms. The summed E-state index contributed by atoms with van der Waals surface area (Å²) >= 11 is 12.7. The summed E-state index contributed by atoms with van der Waals surface area (Å²) < 4.78 is 12.9. The average Bonchev–Trinajstić information content (AvgIpc) is 3.54. The number of carbonyl (C=O) groups excluding carboxylic acids is 2. The van der Waals surface area contributed by atoms with Crippen LogP contribution in [0.25, 0.3) is 11.4 Å². The molecule has 2 amide bonds. The lowest BCUT2D eigenvalue weighted by molar-refractivity contribution is -0.119. The standard InChI is InChI=1S/C29H26Cl2N6O4/c1-6-41-28-32-13-18(25(35-28)40-5)24-34-22-23(36(24)14(2)3)29(19-10-9-16(30)11-20(19)33-27(29)39)37(26(22)38)21-12-17(31)8-7-15(21)4/h7-14H,6H2,1-5H3,(H,33,39)/t29-/m0/s1. The zero-order valence-electron chi connectivity index (χ0n) is 23.0. The molecule has 0 bridgehead atoms. The smallest absolute Gasteiger partial charge is 0.319 e. The van der Waals surface area contributed by atoms with E-state index in [0.717, 1.165) is 5.56 Å². The van der Waals surface area contributed by atoms with E-state index in [0.29, 0.717) is 50.7 Å². The fourth-order valence-corrected chi connectivity index (χ4v) is 6.02. The summed E-state index contributed by atoms with van der Waals surface area (Å²) in [5.74, 6) is -0.254. The summed E-state index contributed by atoms with van der Waals surface area (Å²) in [6.07, 6.45) is 1.55. The van der Waals surface area contributed by atoms with Crippen molar-refractivity contribution in [3.05, 3.63) is 75.2 Å². The van der Waals surface area contributed by atoms with Crippen LogP contribution in [0.1, 0.15) is 54.1 Å². The number of carbonyl (C=O) groups is 2. The quantitative estimate of drug-likeness (QED) is 0.301. The number of aryl methyl sites for hydroxylation is 1. The zero-order chi connectivity index (χ0) is 29.2. The lowest BCUT2D eigenvalue weighted by Gasteiger charge is -2.36. The molecule has 4 heterocycles. The Labute approximate surface area is 246 Å². The van der Waals surface area contributed by atoms with E-state index in [-0.39, 0.29) is 23.6 Å². The third-order valence-corrected chi connectivity index (χ3v) is 7.78. The first-order chi connectivity index (χ1) is 19.6. The van der Waals surface area contributed by atoms with E-state index in [1.54, 1.807) is 36.5 Å². The fraction of sp³-hybridized carbons (Fsp3) is 0.276. The normalized spacial score (nSPS) is 17.3. The largest absolute Gasteiger partial charge is 0.480 e. The number of fused-ring (bicyclic) bond motifs is 4. The van der Waals surface area contributed by atoms with Gasteiger partial charge in [0.2, 0.25) is 5.88 Å². The summed E-state index contributed by atoms with van der Waals surface area (Å²) in [4.78, 5) is 43.8. The van der Waals surface area contributed by atoms with Crippen LogP contribution in [-0.4, -0.2) is 45.1 Å². The van der Waals surface area contributed by atoms with Crippen molar-refractivity contribution >= 4 is 46.4 Å². The van der Waals surface area contributed by atoms with Gasteiger partial charge in [-0.25, -0.2) is 9.97 Å².